The Hall–Kier alpha value is -3.77. The number of carbonyl (C=O) groups excluding carboxylic acids is 2. The molecule has 2 amide bonds. The highest BCUT2D eigenvalue weighted by Crippen LogP contribution is 2.37. The quantitative estimate of drug-likeness (QED) is 0.267. The summed E-state index contributed by atoms with van der Waals surface area (Å²) in [4.78, 5) is 28.1. The molecule has 3 aromatic rings. The van der Waals surface area contributed by atoms with Crippen molar-refractivity contribution in [3.05, 3.63) is 88.9 Å². The zero-order valence-electron chi connectivity index (χ0n) is 24.1. The zero-order chi connectivity index (χ0) is 31.9. The molecular weight excluding hydrogens is 607 g/mol. The van der Waals surface area contributed by atoms with Crippen LogP contribution in [0.3, 0.4) is 0 Å². The Morgan fingerprint density at radius 2 is 1.67 bits per heavy atom. The average Bonchev–Trinajstić information content (AvgIpc) is 2.98. The second kappa shape index (κ2) is 14.1. The van der Waals surface area contributed by atoms with E-state index in [1.807, 2.05) is 6.92 Å². The Balaban J connectivity index is 2.13. The van der Waals surface area contributed by atoms with Crippen LogP contribution in [-0.2, 0) is 32.3 Å². The van der Waals surface area contributed by atoms with Crippen LogP contribution in [-0.4, -0.2) is 50.9 Å². The predicted octanol–water partition coefficient (Wildman–Crippen LogP) is 5.89. The van der Waals surface area contributed by atoms with E-state index in [9.17, 15) is 31.2 Å². The van der Waals surface area contributed by atoms with Crippen LogP contribution in [0.15, 0.2) is 77.7 Å². The smallest absolute Gasteiger partial charge is 0.416 e. The summed E-state index contributed by atoms with van der Waals surface area (Å²) in [5.41, 5.74) is -1.11. The van der Waals surface area contributed by atoms with Gasteiger partial charge in [-0.15, -0.1) is 0 Å². The molecule has 232 valence electrons. The molecule has 0 heterocycles. The summed E-state index contributed by atoms with van der Waals surface area (Å²) in [5.74, 6) is -0.839. The average molecular weight is 640 g/mol. The third-order valence-electron chi connectivity index (χ3n) is 6.81. The lowest BCUT2D eigenvalue weighted by Crippen LogP contribution is -2.52. The number of ether oxygens (including phenoxy) is 1. The minimum atomic E-state index is -4.81. The number of amides is 2. The lowest BCUT2D eigenvalue weighted by molar-refractivity contribution is -0.139. The minimum absolute atomic E-state index is 0.124. The standard InChI is InChI=1S/C30H33ClF3N3O5S/c1-5-20(2)35-29(39)21(3)36(18-22-10-9-11-24(16-22)42-4)28(38)19-37(43(40,41)25-12-7-6-8-13-25)27-17-23(30(32,33)34)14-15-26(27)31/h6-17,20-21H,5,18-19H2,1-4H3,(H,35,39)/t20-,21+/m0/s1. The van der Waals surface area contributed by atoms with Crippen molar-refractivity contribution in [2.45, 2.75) is 56.9 Å². The molecule has 43 heavy (non-hydrogen) atoms. The highest BCUT2D eigenvalue weighted by Gasteiger charge is 2.36. The minimum Gasteiger partial charge on any atom is -0.497 e. The Morgan fingerprint density at radius 1 is 1.00 bits per heavy atom. The van der Waals surface area contributed by atoms with Gasteiger partial charge < -0.3 is 15.0 Å². The molecule has 0 unspecified atom stereocenters. The van der Waals surface area contributed by atoms with E-state index in [1.54, 1.807) is 37.3 Å². The van der Waals surface area contributed by atoms with Crippen LogP contribution >= 0.6 is 11.6 Å². The maximum atomic E-state index is 14.0. The third kappa shape index (κ3) is 8.41. The largest absolute Gasteiger partial charge is 0.497 e. The first-order valence-corrected chi connectivity index (χ1v) is 15.2. The molecule has 1 N–H and O–H groups in total. The Morgan fingerprint density at radius 3 is 2.28 bits per heavy atom. The number of halogens is 4. The van der Waals surface area contributed by atoms with Crippen LogP contribution in [0, 0.1) is 0 Å². The lowest BCUT2D eigenvalue weighted by Gasteiger charge is -2.33. The molecule has 0 aliphatic carbocycles. The van der Waals surface area contributed by atoms with Gasteiger partial charge in [0.25, 0.3) is 10.0 Å². The number of hydrogen-bond donors (Lipinski definition) is 1. The molecule has 0 saturated heterocycles. The van der Waals surface area contributed by atoms with E-state index in [1.165, 1.54) is 43.2 Å². The summed E-state index contributed by atoms with van der Waals surface area (Å²) in [6.07, 6.45) is -4.19. The first kappa shape index (κ1) is 33.7. The van der Waals surface area contributed by atoms with E-state index >= 15 is 0 Å². The highest BCUT2D eigenvalue weighted by molar-refractivity contribution is 7.92. The number of anilines is 1. The summed E-state index contributed by atoms with van der Waals surface area (Å²) in [7, 11) is -3.14. The Bertz CT molecular complexity index is 1540. The van der Waals surface area contributed by atoms with Gasteiger partial charge in [-0.3, -0.25) is 13.9 Å². The van der Waals surface area contributed by atoms with Gasteiger partial charge in [0.1, 0.15) is 18.3 Å². The first-order chi connectivity index (χ1) is 20.2. The normalized spacial score (nSPS) is 13.1. The highest BCUT2D eigenvalue weighted by atomic mass is 35.5. The number of nitrogens with zero attached hydrogens (tertiary/aromatic N) is 2. The second-order valence-corrected chi connectivity index (χ2v) is 12.1. The zero-order valence-corrected chi connectivity index (χ0v) is 25.6. The summed E-state index contributed by atoms with van der Waals surface area (Å²) in [6, 6.07) is 14.6. The van der Waals surface area contributed by atoms with Crippen LogP contribution in [0.4, 0.5) is 18.9 Å². The van der Waals surface area contributed by atoms with Gasteiger partial charge >= 0.3 is 6.18 Å². The summed E-state index contributed by atoms with van der Waals surface area (Å²) in [5, 5.41) is 2.49. The van der Waals surface area contributed by atoms with Gasteiger partial charge in [-0.25, -0.2) is 8.42 Å². The van der Waals surface area contributed by atoms with E-state index < -0.39 is 51.9 Å². The Labute approximate surface area is 254 Å². The summed E-state index contributed by atoms with van der Waals surface area (Å²) < 4.78 is 74.5. The molecule has 13 heteroatoms. The first-order valence-electron chi connectivity index (χ1n) is 13.4. The molecule has 0 fully saturated rings. The van der Waals surface area contributed by atoms with Crippen LogP contribution < -0.4 is 14.4 Å². The van der Waals surface area contributed by atoms with Gasteiger partial charge in [0.15, 0.2) is 0 Å². The molecule has 0 spiro atoms. The van der Waals surface area contributed by atoms with Crippen molar-refractivity contribution in [1.82, 2.24) is 10.2 Å². The molecule has 0 bridgehead atoms. The van der Waals surface area contributed by atoms with Gasteiger partial charge in [-0.2, -0.15) is 13.2 Å². The maximum absolute atomic E-state index is 14.0. The monoisotopic (exact) mass is 639 g/mol. The van der Waals surface area contributed by atoms with Crippen molar-refractivity contribution in [2.75, 3.05) is 18.0 Å². The van der Waals surface area contributed by atoms with Gasteiger partial charge in [0, 0.05) is 12.6 Å². The topological polar surface area (TPSA) is 96.0 Å². The molecule has 8 nitrogen and oxygen atoms in total. The maximum Gasteiger partial charge on any atom is 0.416 e. The molecule has 2 atom stereocenters. The molecule has 0 radical (unpaired) electrons. The molecule has 3 rings (SSSR count). The second-order valence-electron chi connectivity index (χ2n) is 9.86. The van der Waals surface area contributed by atoms with Gasteiger partial charge in [0.2, 0.25) is 11.8 Å². The lowest BCUT2D eigenvalue weighted by atomic mass is 10.1. The Kier molecular flexibility index (Phi) is 11.1. The van der Waals surface area contributed by atoms with E-state index in [0.29, 0.717) is 28.1 Å². The van der Waals surface area contributed by atoms with E-state index in [-0.39, 0.29) is 22.5 Å². The van der Waals surface area contributed by atoms with E-state index in [0.717, 1.165) is 12.1 Å². The number of hydrogen-bond acceptors (Lipinski definition) is 5. The molecule has 0 aliphatic rings. The van der Waals surface area contributed by atoms with Gasteiger partial charge in [-0.05, 0) is 68.3 Å². The van der Waals surface area contributed by atoms with Crippen LogP contribution in [0.25, 0.3) is 0 Å². The summed E-state index contributed by atoms with van der Waals surface area (Å²) >= 11 is 6.27. The number of nitrogens with one attached hydrogen (secondary N) is 1. The van der Waals surface area contributed by atoms with Crippen molar-refractivity contribution in [3.8, 4) is 5.75 Å². The predicted molar refractivity (Wildman–Crippen MR) is 158 cm³/mol. The van der Waals surface area contributed by atoms with Crippen molar-refractivity contribution in [1.29, 1.82) is 0 Å². The molecular formula is C30H33ClF3N3O5S. The van der Waals surface area contributed by atoms with Crippen LogP contribution in [0.2, 0.25) is 5.02 Å². The summed E-state index contributed by atoms with van der Waals surface area (Å²) in [6.45, 7) is 4.09. The number of alkyl halides is 3. The van der Waals surface area contributed by atoms with Crippen molar-refractivity contribution in [2.24, 2.45) is 0 Å². The number of carbonyl (C=O) groups is 2. The SMILES string of the molecule is CC[C@H](C)NC(=O)[C@@H](C)N(Cc1cccc(OC)c1)C(=O)CN(c1cc(C(F)(F)F)ccc1Cl)S(=O)(=O)c1ccccc1. The molecule has 0 aromatic heterocycles. The molecule has 3 aromatic carbocycles. The van der Waals surface area contributed by atoms with Crippen molar-refractivity contribution >= 4 is 39.1 Å². The van der Waals surface area contributed by atoms with Crippen LogP contribution in [0.5, 0.6) is 5.75 Å². The van der Waals surface area contributed by atoms with E-state index in [4.69, 9.17) is 16.3 Å². The van der Waals surface area contributed by atoms with Gasteiger partial charge in [-0.1, -0.05) is 48.9 Å². The molecule has 0 aliphatic heterocycles. The van der Waals surface area contributed by atoms with Crippen molar-refractivity contribution in [3.63, 3.8) is 0 Å². The number of sulfonamides is 1. The molecule has 0 saturated carbocycles. The number of rotatable bonds is 12. The fraction of sp³-hybridized carbons (Fsp3) is 0.333. The van der Waals surface area contributed by atoms with Gasteiger partial charge in [0.05, 0.1) is 28.3 Å². The fourth-order valence-corrected chi connectivity index (χ4v) is 5.84. The van der Waals surface area contributed by atoms with Crippen LogP contribution in [0.1, 0.15) is 38.3 Å². The fourth-order valence-electron chi connectivity index (χ4n) is 4.13. The number of methoxy groups -OCH3 is 1. The van der Waals surface area contributed by atoms with Crippen molar-refractivity contribution < 1.29 is 35.9 Å². The number of benzene rings is 3. The third-order valence-corrected chi connectivity index (χ3v) is 8.90. The van der Waals surface area contributed by atoms with E-state index in [2.05, 4.69) is 5.32 Å².